The van der Waals surface area contributed by atoms with Crippen molar-refractivity contribution in [2.75, 3.05) is 5.32 Å². The minimum Gasteiger partial charge on any atom is -0.325 e. The van der Waals surface area contributed by atoms with Gasteiger partial charge in [0.25, 0.3) is 5.69 Å². The van der Waals surface area contributed by atoms with Crippen LogP contribution in [-0.4, -0.2) is 25.8 Å². The zero-order valence-electron chi connectivity index (χ0n) is 10.7. The highest BCUT2D eigenvalue weighted by Crippen LogP contribution is 2.19. The van der Waals surface area contributed by atoms with Crippen molar-refractivity contribution in [3.8, 4) is 0 Å². The summed E-state index contributed by atoms with van der Waals surface area (Å²) in [6, 6.07) is 2.81. The molecule has 0 radical (unpaired) electrons. The van der Waals surface area contributed by atoms with Crippen molar-refractivity contribution in [2.45, 2.75) is 13.1 Å². The van der Waals surface area contributed by atoms with Crippen molar-refractivity contribution in [1.29, 1.82) is 0 Å². The molecule has 0 bridgehead atoms. The molecule has 3 N–H and O–H groups in total. The van der Waals surface area contributed by atoms with Crippen LogP contribution in [0.25, 0.3) is 0 Å². The maximum atomic E-state index is 13.2. The van der Waals surface area contributed by atoms with Crippen LogP contribution in [0.15, 0.2) is 24.4 Å². The fourth-order valence-electron chi connectivity index (χ4n) is 1.61. The van der Waals surface area contributed by atoms with Crippen molar-refractivity contribution < 1.29 is 14.1 Å². The second-order valence-corrected chi connectivity index (χ2v) is 4.11. The molecule has 1 amide bonds. The summed E-state index contributed by atoms with van der Waals surface area (Å²) in [7, 11) is 0. The molecule has 1 heterocycles. The first-order chi connectivity index (χ1) is 9.97. The standard InChI is InChI=1S/C11H11FN6O3/c12-7-1-8(3-10(2-7)18(20)21)14-11(19)6-17-5-9(4-13)15-16-17/h1-3,5H,4,6,13H2,(H,14,19). The smallest absolute Gasteiger partial charge is 0.274 e. The number of nitro groups is 1. The number of nitro benzene ring substituents is 1. The van der Waals surface area contributed by atoms with E-state index in [1.165, 1.54) is 10.9 Å². The highest BCUT2D eigenvalue weighted by atomic mass is 19.1. The molecule has 0 fully saturated rings. The van der Waals surface area contributed by atoms with Crippen molar-refractivity contribution >= 4 is 17.3 Å². The molecule has 2 aromatic rings. The van der Waals surface area contributed by atoms with Crippen LogP contribution in [0.5, 0.6) is 0 Å². The van der Waals surface area contributed by atoms with Gasteiger partial charge in [-0.3, -0.25) is 14.9 Å². The number of rotatable bonds is 5. The van der Waals surface area contributed by atoms with E-state index in [4.69, 9.17) is 5.73 Å². The van der Waals surface area contributed by atoms with E-state index in [0.29, 0.717) is 5.69 Å². The lowest BCUT2D eigenvalue weighted by Gasteiger charge is -2.05. The predicted molar refractivity (Wildman–Crippen MR) is 69.6 cm³/mol. The van der Waals surface area contributed by atoms with Gasteiger partial charge in [-0.05, 0) is 6.07 Å². The van der Waals surface area contributed by atoms with E-state index in [0.717, 1.165) is 18.2 Å². The molecule has 0 unspecified atom stereocenters. The van der Waals surface area contributed by atoms with E-state index >= 15 is 0 Å². The Morgan fingerprint density at radius 1 is 1.48 bits per heavy atom. The minimum atomic E-state index is -0.814. The van der Waals surface area contributed by atoms with E-state index in [1.54, 1.807) is 0 Å². The van der Waals surface area contributed by atoms with Gasteiger partial charge in [0.2, 0.25) is 5.91 Å². The summed E-state index contributed by atoms with van der Waals surface area (Å²) < 4.78 is 14.5. The molecule has 2 rings (SSSR count). The fraction of sp³-hybridized carbons (Fsp3) is 0.182. The van der Waals surface area contributed by atoms with E-state index in [2.05, 4.69) is 15.6 Å². The molecule has 1 aromatic heterocycles. The summed E-state index contributed by atoms with van der Waals surface area (Å²) in [5.41, 5.74) is 5.42. The molecule has 0 aliphatic rings. The average molecular weight is 294 g/mol. The van der Waals surface area contributed by atoms with Crippen LogP contribution in [0, 0.1) is 15.9 Å². The summed E-state index contributed by atoms with van der Waals surface area (Å²) in [4.78, 5) is 21.6. The molecule has 0 saturated carbocycles. The van der Waals surface area contributed by atoms with Crippen LogP contribution in [-0.2, 0) is 17.9 Å². The lowest BCUT2D eigenvalue weighted by molar-refractivity contribution is -0.385. The molecule has 1 aromatic carbocycles. The molecule has 0 spiro atoms. The number of aromatic nitrogens is 3. The first-order valence-electron chi connectivity index (χ1n) is 5.82. The molecule has 9 nitrogen and oxygen atoms in total. The van der Waals surface area contributed by atoms with Gasteiger partial charge in [0.05, 0.1) is 28.6 Å². The highest BCUT2D eigenvalue weighted by Gasteiger charge is 2.12. The van der Waals surface area contributed by atoms with Gasteiger partial charge in [0, 0.05) is 12.6 Å². The lowest BCUT2D eigenvalue weighted by atomic mass is 10.2. The zero-order valence-corrected chi connectivity index (χ0v) is 10.7. The average Bonchev–Trinajstić information content (AvgIpc) is 2.85. The molecule has 110 valence electrons. The number of anilines is 1. The minimum absolute atomic E-state index is 0.00846. The maximum absolute atomic E-state index is 13.2. The molecule has 0 aliphatic heterocycles. The number of non-ortho nitro benzene ring substituents is 1. The SMILES string of the molecule is NCc1cn(CC(=O)Nc2cc(F)cc([N+](=O)[O-])c2)nn1. The second kappa shape index (κ2) is 6.05. The fourth-order valence-corrected chi connectivity index (χ4v) is 1.61. The van der Waals surface area contributed by atoms with Crippen LogP contribution in [0.1, 0.15) is 5.69 Å². The first-order valence-corrected chi connectivity index (χ1v) is 5.82. The van der Waals surface area contributed by atoms with Crippen molar-refractivity contribution in [3.05, 3.63) is 46.0 Å². The topological polar surface area (TPSA) is 129 Å². The normalized spacial score (nSPS) is 10.4. The van der Waals surface area contributed by atoms with Gasteiger partial charge in [0.15, 0.2) is 0 Å². The Bertz CT molecular complexity index is 686. The van der Waals surface area contributed by atoms with Crippen LogP contribution in [0.4, 0.5) is 15.8 Å². The number of nitrogens with two attached hydrogens (primary N) is 1. The quantitative estimate of drug-likeness (QED) is 0.607. The van der Waals surface area contributed by atoms with E-state index in [9.17, 15) is 19.3 Å². The Balaban J connectivity index is 2.07. The third-order valence-electron chi connectivity index (χ3n) is 2.48. The number of nitrogens with zero attached hydrogens (tertiary/aromatic N) is 4. The summed E-state index contributed by atoms with van der Waals surface area (Å²) in [5, 5.41) is 20.3. The Kier molecular flexibility index (Phi) is 4.18. The molecule has 10 heteroatoms. The molecule has 21 heavy (non-hydrogen) atoms. The van der Waals surface area contributed by atoms with Gasteiger partial charge in [-0.2, -0.15) is 0 Å². The highest BCUT2D eigenvalue weighted by molar-refractivity contribution is 5.90. The third-order valence-corrected chi connectivity index (χ3v) is 2.48. The van der Waals surface area contributed by atoms with Crippen LogP contribution in [0.2, 0.25) is 0 Å². The third kappa shape index (κ3) is 3.79. The van der Waals surface area contributed by atoms with Gasteiger partial charge >= 0.3 is 0 Å². The molecule has 0 aliphatic carbocycles. The number of hydrogen-bond acceptors (Lipinski definition) is 6. The number of halogens is 1. The Labute approximate surface area is 117 Å². The Morgan fingerprint density at radius 3 is 2.86 bits per heavy atom. The van der Waals surface area contributed by atoms with Gasteiger partial charge in [-0.25, -0.2) is 9.07 Å². The maximum Gasteiger partial charge on any atom is 0.274 e. The first kappa shape index (κ1) is 14.5. The molecule has 0 saturated heterocycles. The Hall–Kier alpha value is -2.88. The van der Waals surface area contributed by atoms with Gasteiger partial charge < -0.3 is 11.1 Å². The largest absolute Gasteiger partial charge is 0.325 e. The number of carbonyl (C=O) groups excluding carboxylic acids is 1. The van der Waals surface area contributed by atoms with E-state index in [1.807, 2.05) is 0 Å². The van der Waals surface area contributed by atoms with E-state index in [-0.39, 0.29) is 18.8 Å². The van der Waals surface area contributed by atoms with Gasteiger partial charge in [-0.1, -0.05) is 5.21 Å². The van der Waals surface area contributed by atoms with Crippen molar-refractivity contribution in [1.82, 2.24) is 15.0 Å². The van der Waals surface area contributed by atoms with E-state index < -0.39 is 22.3 Å². The number of nitrogens with one attached hydrogen (secondary N) is 1. The summed E-state index contributed by atoms with van der Waals surface area (Å²) >= 11 is 0. The van der Waals surface area contributed by atoms with Crippen LogP contribution < -0.4 is 11.1 Å². The summed E-state index contributed by atoms with van der Waals surface area (Å²) in [6.45, 7) is 0.0228. The van der Waals surface area contributed by atoms with Crippen molar-refractivity contribution in [3.63, 3.8) is 0 Å². The number of carbonyl (C=O) groups is 1. The predicted octanol–water partition coefficient (Wildman–Crippen LogP) is 0.423. The Morgan fingerprint density at radius 2 is 2.24 bits per heavy atom. The summed E-state index contributed by atoms with van der Waals surface area (Å²) in [5.74, 6) is -1.34. The number of amides is 1. The number of hydrogen-bond donors (Lipinski definition) is 2. The molecule has 0 atom stereocenters. The monoisotopic (exact) mass is 294 g/mol. The van der Waals surface area contributed by atoms with Gasteiger partial charge in [-0.15, -0.1) is 5.10 Å². The van der Waals surface area contributed by atoms with Gasteiger partial charge in [0.1, 0.15) is 12.4 Å². The van der Waals surface area contributed by atoms with Crippen molar-refractivity contribution in [2.24, 2.45) is 5.73 Å². The molecular formula is C11H11FN6O3. The summed E-state index contributed by atoms with van der Waals surface area (Å²) in [6.07, 6.45) is 1.49. The zero-order chi connectivity index (χ0) is 15.4. The second-order valence-electron chi connectivity index (χ2n) is 4.11. The molecular weight excluding hydrogens is 283 g/mol. The van der Waals surface area contributed by atoms with Crippen LogP contribution in [0.3, 0.4) is 0 Å². The number of benzene rings is 1. The van der Waals surface area contributed by atoms with Crippen LogP contribution >= 0.6 is 0 Å². The lowest BCUT2D eigenvalue weighted by Crippen LogP contribution is -2.19.